The van der Waals surface area contributed by atoms with Gasteiger partial charge in [0.15, 0.2) is 11.5 Å². The molecule has 0 saturated heterocycles. The quantitative estimate of drug-likeness (QED) is 0.710. The Morgan fingerprint density at radius 3 is 2.20 bits per heavy atom. The number of aromatic nitrogens is 3. The van der Waals surface area contributed by atoms with E-state index < -0.39 is 5.54 Å². The van der Waals surface area contributed by atoms with Gasteiger partial charge < -0.3 is 5.73 Å². The maximum atomic E-state index is 13.6. The fourth-order valence-electron chi connectivity index (χ4n) is 3.78. The predicted octanol–water partition coefficient (Wildman–Crippen LogP) is 2.69. The van der Waals surface area contributed by atoms with Gasteiger partial charge in [-0.3, -0.25) is 14.7 Å². The molecule has 0 aliphatic carbocycles. The molecule has 3 aromatic rings. The molecule has 0 bridgehead atoms. The Morgan fingerprint density at radius 2 is 1.63 bits per heavy atom. The second kappa shape index (κ2) is 7.67. The molecule has 0 saturated carbocycles. The third kappa shape index (κ3) is 3.12. The molecule has 7 nitrogen and oxygen atoms in total. The first-order chi connectivity index (χ1) is 14.5. The summed E-state index contributed by atoms with van der Waals surface area (Å²) in [6, 6.07) is 11.7. The molecule has 2 aromatic heterocycles. The van der Waals surface area contributed by atoms with Gasteiger partial charge in [0, 0.05) is 36.4 Å². The summed E-state index contributed by atoms with van der Waals surface area (Å²) in [5.41, 5.74) is 10.0. The van der Waals surface area contributed by atoms with Gasteiger partial charge in [0.05, 0.1) is 0 Å². The summed E-state index contributed by atoms with van der Waals surface area (Å²) in [5.74, 6) is 0.0122. The molecule has 7 heteroatoms. The van der Waals surface area contributed by atoms with Gasteiger partial charge >= 0.3 is 0 Å². The fraction of sp³-hybridized carbons (Fsp3) is 0.261. The highest BCUT2D eigenvalue weighted by Crippen LogP contribution is 2.41. The zero-order valence-corrected chi connectivity index (χ0v) is 17.3. The summed E-state index contributed by atoms with van der Waals surface area (Å²) >= 11 is 0. The molecule has 0 spiro atoms. The maximum absolute atomic E-state index is 13.6. The second-order valence-corrected chi connectivity index (χ2v) is 7.30. The standard InChI is InChI=1S/C23H24N6O/c1-4-19-10-18(11-20(5-2)27-19)23(21(30)29(3)22(24)28-23)17-8-6-7-15(9-17)16-12-25-14-26-13-16/h6-14H,4-5H2,1-3H3,(H2,24,28)/t23-/m1/s1. The number of pyridine rings is 1. The maximum Gasteiger partial charge on any atom is 0.266 e. The molecule has 4 rings (SSSR count). The molecule has 30 heavy (non-hydrogen) atoms. The number of aliphatic imine (C=N–C) groups is 1. The predicted molar refractivity (Wildman–Crippen MR) is 116 cm³/mol. The molecule has 0 fully saturated rings. The molecular formula is C23H24N6O. The van der Waals surface area contributed by atoms with Gasteiger partial charge in [-0.2, -0.15) is 0 Å². The van der Waals surface area contributed by atoms with E-state index in [2.05, 4.69) is 28.8 Å². The first kappa shape index (κ1) is 19.7. The summed E-state index contributed by atoms with van der Waals surface area (Å²) < 4.78 is 0. The highest BCUT2D eigenvalue weighted by Gasteiger charge is 2.49. The van der Waals surface area contributed by atoms with E-state index >= 15 is 0 Å². The van der Waals surface area contributed by atoms with Crippen molar-refractivity contribution in [1.29, 1.82) is 0 Å². The molecule has 1 amide bonds. The van der Waals surface area contributed by atoms with E-state index in [1.165, 1.54) is 11.2 Å². The van der Waals surface area contributed by atoms with E-state index in [0.29, 0.717) is 0 Å². The van der Waals surface area contributed by atoms with Crippen LogP contribution in [0.5, 0.6) is 0 Å². The molecule has 1 aliphatic rings. The molecule has 1 atom stereocenters. The lowest BCUT2D eigenvalue weighted by atomic mass is 9.81. The Balaban J connectivity index is 1.97. The molecule has 0 unspecified atom stereocenters. The highest BCUT2D eigenvalue weighted by atomic mass is 16.2. The number of likely N-dealkylation sites (N-methyl/N-ethyl adjacent to an activating group) is 1. The van der Waals surface area contributed by atoms with Gasteiger partial charge in [-0.15, -0.1) is 0 Å². The third-order valence-electron chi connectivity index (χ3n) is 5.49. The van der Waals surface area contributed by atoms with Gasteiger partial charge in [-0.1, -0.05) is 32.0 Å². The fourth-order valence-corrected chi connectivity index (χ4v) is 3.78. The van der Waals surface area contributed by atoms with Crippen molar-refractivity contribution in [2.45, 2.75) is 32.2 Å². The van der Waals surface area contributed by atoms with E-state index in [4.69, 9.17) is 10.7 Å². The zero-order chi connectivity index (χ0) is 21.3. The lowest BCUT2D eigenvalue weighted by Crippen LogP contribution is -2.41. The number of hydrogen-bond acceptors (Lipinski definition) is 6. The molecular weight excluding hydrogens is 376 g/mol. The number of nitrogens with two attached hydrogens (primary N) is 1. The van der Waals surface area contributed by atoms with Gasteiger partial charge in [-0.25, -0.2) is 15.0 Å². The Morgan fingerprint density at radius 1 is 0.967 bits per heavy atom. The van der Waals surface area contributed by atoms with Crippen LogP contribution >= 0.6 is 0 Å². The van der Waals surface area contributed by atoms with Crippen LogP contribution in [0.4, 0.5) is 0 Å². The third-order valence-corrected chi connectivity index (χ3v) is 5.49. The van der Waals surface area contributed by atoms with E-state index in [1.54, 1.807) is 19.4 Å². The van der Waals surface area contributed by atoms with E-state index in [9.17, 15) is 4.79 Å². The minimum absolute atomic E-state index is 0.184. The molecule has 0 radical (unpaired) electrons. The van der Waals surface area contributed by atoms with Crippen LogP contribution in [0.15, 0.2) is 60.1 Å². The molecule has 2 N–H and O–H groups in total. The monoisotopic (exact) mass is 400 g/mol. The van der Waals surface area contributed by atoms with Crippen LogP contribution in [-0.4, -0.2) is 38.8 Å². The minimum Gasteiger partial charge on any atom is -0.369 e. The van der Waals surface area contributed by atoms with Gasteiger partial charge in [-0.05, 0) is 47.7 Å². The highest BCUT2D eigenvalue weighted by molar-refractivity contribution is 6.09. The largest absolute Gasteiger partial charge is 0.369 e. The summed E-state index contributed by atoms with van der Waals surface area (Å²) in [6.45, 7) is 4.10. The van der Waals surface area contributed by atoms with E-state index in [-0.39, 0.29) is 11.9 Å². The van der Waals surface area contributed by atoms with Crippen molar-refractivity contribution in [1.82, 2.24) is 19.9 Å². The lowest BCUT2D eigenvalue weighted by Gasteiger charge is -2.27. The van der Waals surface area contributed by atoms with Crippen LogP contribution in [0.2, 0.25) is 0 Å². The molecule has 3 heterocycles. The Kier molecular flexibility index (Phi) is 5.03. The van der Waals surface area contributed by atoms with E-state index in [0.717, 1.165) is 46.5 Å². The van der Waals surface area contributed by atoms with Crippen molar-refractivity contribution in [2.24, 2.45) is 10.7 Å². The second-order valence-electron chi connectivity index (χ2n) is 7.30. The number of hydrogen-bond donors (Lipinski definition) is 1. The number of guanidine groups is 1. The summed E-state index contributed by atoms with van der Waals surface area (Å²) in [7, 11) is 1.65. The number of carbonyl (C=O) groups is 1. The number of benzene rings is 1. The molecule has 1 aliphatic heterocycles. The van der Waals surface area contributed by atoms with Crippen molar-refractivity contribution >= 4 is 11.9 Å². The van der Waals surface area contributed by atoms with Crippen LogP contribution in [-0.2, 0) is 23.2 Å². The van der Waals surface area contributed by atoms with Crippen LogP contribution in [0.1, 0.15) is 36.4 Å². The number of amides is 1. The summed E-state index contributed by atoms with van der Waals surface area (Å²) in [5, 5.41) is 0. The summed E-state index contributed by atoms with van der Waals surface area (Å²) in [4.78, 5) is 32.6. The first-order valence-electron chi connectivity index (χ1n) is 9.99. The number of aryl methyl sites for hydroxylation is 2. The van der Waals surface area contributed by atoms with Crippen LogP contribution in [0, 0.1) is 0 Å². The van der Waals surface area contributed by atoms with Crippen LogP contribution in [0.25, 0.3) is 11.1 Å². The van der Waals surface area contributed by atoms with Gasteiger partial charge in [0.1, 0.15) is 6.33 Å². The van der Waals surface area contributed by atoms with Crippen LogP contribution < -0.4 is 5.73 Å². The van der Waals surface area contributed by atoms with Crippen molar-refractivity contribution in [2.75, 3.05) is 7.05 Å². The molecule has 1 aromatic carbocycles. The van der Waals surface area contributed by atoms with Crippen LogP contribution in [0.3, 0.4) is 0 Å². The van der Waals surface area contributed by atoms with Crippen molar-refractivity contribution < 1.29 is 4.79 Å². The first-order valence-corrected chi connectivity index (χ1v) is 9.99. The average molecular weight is 400 g/mol. The topological polar surface area (TPSA) is 97.4 Å². The minimum atomic E-state index is -1.25. The van der Waals surface area contributed by atoms with Crippen molar-refractivity contribution in [3.63, 3.8) is 0 Å². The van der Waals surface area contributed by atoms with Gasteiger partial charge in [0.2, 0.25) is 0 Å². The van der Waals surface area contributed by atoms with Crippen molar-refractivity contribution in [3.05, 3.63) is 77.6 Å². The van der Waals surface area contributed by atoms with E-state index in [1.807, 2.05) is 36.4 Å². The number of carbonyl (C=O) groups excluding carboxylic acids is 1. The normalized spacial score (nSPS) is 18.6. The Hall–Kier alpha value is -3.61. The SMILES string of the molecule is CCc1cc([C@@]2(c3cccc(-c4cncnc4)c3)N=C(N)N(C)C2=O)cc(CC)n1. The average Bonchev–Trinajstić information content (AvgIpc) is 3.04. The molecule has 152 valence electrons. The lowest BCUT2D eigenvalue weighted by molar-refractivity contribution is -0.129. The van der Waals surface area contributed by atoms with Crippen molar-refractivity contribution in [3.8, 4) is 11.1 Å². The zero-order valence-electron chi connectivity index (χ0n) is 17.3. The number of nitrogens with zero attached hydrogens (tertiary/aromatic N) is 5. The Labute approximate surface area is 175 Å². The smallest absolute Gasteiger partial charge is 0.266 e. The van der Waals surface area contributed by atoms with Gasteiger partial charge in [0.25, 0.3) is 5.91 Å². The Bertz CT molecular complexity index is 1110. The summed E-state index contributed by atoms with van der Waals surface area (Å²) in [6.07, 6.45) is 6.51. The number of rotatable bonds is 5.